The molecule has 0 aliphatic heterocycles. The molecule has 0 aliphatic rings. The third-order valence-electron chi connectivity index (χ3n) is 1.77. The molecular formula is C9H12N2O2. The van der Waals surface area contributed by atoms with Crippen LogP contribution in [0.1, 0.15) is 29.3 Å². The van der Waals surface area contributed by atoms with Crippen LogP contribution in [-0.2, 0) is 6.42 Å². The van der Waals surface area contributed by atoms with Crippen molar-refractivity contribution < 1.29 is 4.79 Å². The van der Waals surface area contributed by atoms with E-state index in [1.54, 1.807) is 12.3 Å². The lowest BCUT2D eigenvalue weighted by molar-refractivity contribution is 0.0998. The first kappa shape index (κ1) is 9.51. The molecule has 0 atom stereocenters. The zero-order valence-corrected chi connectivity index (χ0v) is 7.46. The van der Waals surface area contributed by atoms with Gasteiger partial charge in [-0.3, -0.25) is 9.59 Å². The molecule has 0 bridgehead atoms. The van der Waals surface area contributed by atoms with E-state index in [4.69, 9.17) is 5.73 Å². The molecule has 1 aromatic rings. The van der Waals surface area contributed by atoms with Gasteiger partial charge in [-0.15, -0.1) is 0 Å². The van der Waals surface area contributed by atoms with E-state index in [9.17, 15) is 9.59 Å². The highest BCUT2D eigenvalue weighted by atomic mass is 16.2. The molecule has 0 fully saturated rings. The lowest BCUT2D eigenvalue weighted by Crippen LogP contribution is -2.23. The lowest BCUT2D eigenvalue weighted by atomic mass is 10.1. The Morgan fingerprint density at radius 3 is 2.85 bits per heavy atom. The molecule has 70 valence electrons. The molecule has 0 saturated carbocycles. The summed E-state index contributed by atoms with van der Waals surface area (Å²) in [7, 11) is 0. The number of hydrogen-bond acceptors (Lipinski definition) is 2. The first-order valence-corrected chi connectivity index (χ1v) is 4.16. The number of H-pyrrole nitrogens is 1. The van der Waals surface area contributed by atoms with Gasteiger partial charge in [0.15, 0.2) is 0 Å². The van der Waals surface area contributed by atoms with Crippen molar-refractivity contribution in [3.05, 3.63) is 33.7 Å². The zero-order chi connectivity index (χ0) is 9.84. The molecule has 1 rings (SSSR count). The number of rotatable bonds is 3. The SMILES string of the molecule is CCCc1c[nH]c(=O)c(C(N)=O)c1. The fraction of sp³-hybridized carbons (Fsp3) is 0.333. The number of carbonyl (C=O) groups is 1. The average molecular weight is 180 g/mol. The Kier molecular flexibility index (Phi) is 2.84. The summed E-state index contributed by atoms with van der Waals surface area (Å²) in [6, 6.07) is 1.55. The molecule has 1 aromatic heterocycles. The molecule has 4 nitrogen and oxygen atoms in total. The van der Waals surface area contributed by atoms with Gasteiger partial charge in [0.25, 0.3) is 11.5 Å². The standard InChI is InChI=1S/C9H12N2O2/c1-2-3-6-4-7(8(10)12)9(13)11-5-6/h4-5H,2-3H2,1H3,(H2,10,12)(H,11,13). The summed E-state index contributed by atoms with van der Waals surface area (Å²) < 4.78 is 0. The van der Waals surface area contributed by atoms with Gasteiger partial charge in [0.05, 0.1) is 0 Å². The summed E-state index contributed by atoms with van der Waals surface area (Å²) in [6.07, 6.45) is 3.40. The maximum absolute atomic E-state index is 11.1. The van der Waals surface area contributed by atoms with Crippen molar-refractivity contribution in [1.82, 2.24) is 4.98 Å². The number of hydrogen-bond donors (Lipinski definition) is 2. The number of pyridine rings is 1. The van der Waals surface area contributed by atoms with Crippen LogP contribution >= 0.6 is 0 Å². The topological polar surface area (TPSA) is 75.9 Å². The van der Waals surface area contributed by atoms with E-state index in [0.717, 1.165) is 18.4 Å². The first-order chi connectivity index (χ1) is 6.15. The molecule has 0 saturated heterocycles. The number of nitrogens with one attached hydrogen (secondary N) is 1. The normalized spacial score (nSPS) is 9.92. The van der Waals surface area contributed by atoms with Crippen LogP contribution in [0.3, 0.4) is 0 Å². The second-order valence-corrected chi connectivity index (χ2v) is 2.86. The Balaban J connectivity index is 3.11. The van der Waals surface area contributed by atoms with Crippen molar-refractivity contribution in [2.45, 2.75) is 19.8 Å². The Bertz CT molecular complexity index is 368. The van der Waals surface area contributed by atoms with Gasteiger partial charge < -0.3 is 10.7 Å². The van der Waals surface area contributed by atoms with E-state index in [2.05, 4.69) is 4.98 Å². The van der Waals surface area contributed by atoms with Gasteiger partial charge >= 0.3 is 0 Å². The third kappa shape index (κ3) is 2.18. The van der Waals surface area contributed by atoms with E-state index in [1.807, 2.05) is 6.92 Å². The van der Waals surface area contributed by atoms with Crippen LogP contribution < -0.4 is 11.3 Å². The van der Waals surface area contributed by atoms with E-state index >= 15 is 0 Å². The molecule has 1 heterocycles. The molecule has 4 heteroatoms. The second kappa shape index (κ2) is 3.89. The summed E-state index contributed by atoms with van der Waals surface area (Å²) in [5.41, 5.74) is 5.56. The number of amides is 1. The maximum atomic E-state index is 11.1. The Morgan fingerprint density at radius 2 is 2.31 bits per heavy atom. The fourth-order valence-electron chi connectivity index (χ4n) is 1.14. The molecule has 3 N–H and O–H groups in total. The summed E-state index contributed by atoms with van der Waals surface area (Å²) in [5.74, 6) is -0.681. The van der Waals surface area contributed by atoms with E-state index in [1.165, 1.54) is 0 Å². The molecule has 0 unspecified atom stereocenters. The smallest absolute Gasteiger partial charge is 0.260 e. The van der Waals surface area contributed by atoms with Crippen molar-refractivity contribution in [3.63, 3.8) is 0 Å². The quantitative estimate of drug-likeness (QED) is 0.707. The highest BCUT2D eigenvalue weighted by Gasteiger charge is 2.06. The summed E-state index contributed by atoms with van der Waals surface area (Å²) in [6.45, 7) is 2.02. The zero-order valence-electron chi connectivity index (χ0n) is 7.46. The molecule has 0 radical (unpaired) electrons. The van der Waals surface area contributed by atoms with Crippen LogP contribution in [0, 0.1) is 0 Å². The fourth-order valence-corrected chi connectivity index (χ4v) is 1.14. The van der Waals surface area contributed by atoms with Crippen LogP contribution in [0.4, 0.5) is 0 Å². The van der Waals surface area contributed by atoms with Crippen molar-refractivity contribution in [2.75, 3.05) is 0 Å². The minimum absolute atomic E-state index is 0.0333. The van der Waals surface area contributed by atoms with E-state index in [-0.39, 0.29) is 5.56 Å². The number of nitrogens with two attached hydrogens (primary N) is 1. The van der Waals surface area contributed by atoms with Gasteiger partial charge in [-0.05, 0) is 18.1 Å². The van der Waals surface area contributed by atoms with Crippen LogP contribution in [-0.4, -0.2) is 10.9 Å². The monoisotopic (exact) mass is 180 g/mol. The van der Waals surface area contributed by atoms with Crippen molar-refractivity contribution >= 4 is 5.91 Å². The molecule has 1 amide bonds. The minimum Gasteiger partial charge on any atom is -0.365 e. The highest BCUT2D eigenvalue weighted by molar-refractivity contribution is 5.92. The number of primary amides is 1. The number of carbonyl (C=O) groups excluding carboxylic acids is 1. The van der Waals surface area contributed by atoms with E-state index < -0.39 is 11.5 Å². The number of aromatic nitrogens is 1. The number of aryl methyl sites for hydroxylation is 1. The predicted octanol–water partition coefficient (Wildman–Crippen LogP) is 0.426. The predicted molar refractivity (Wildman–Crippen MR) is 49.6 cm³/mol. The first-order valence-electron chi connectivity index (χ1n) is 4.16. The summed E-state index contributed by atoms with van der Waals surface area (Å²) >= 11 is 0. The van der Waals surface area contributed by atoms with Gasteiger partial charge in [-0.1, -0.05) is 13.3 Å². The summed E-state index contributed by atoms with van der Waals surface area (Å²) in [4.78, 5) is 24.3. The van der Waals surface area contributed by atoms with Crippen molar-refractivity contribution in [1.29, 1.82) is 0 Å². The van der Waals surface area contributed by atoms with Gasteiger partial charge in [0.2, 0.25) is 0 Å². The van der Waals surface area contributed by atoms with Crippen LogP contribution in [0.15, 0.2) is 17.1 Å². The van der Waals surface area contributed by atoms with Crippen molar-refractivity contribution in [3.8, 4) is 0 Å². The largest absolute Gasteiger partial charge is 0.365 e. The van der Waals surface area contributed by atoms with Crippen LogP contribution in [0.2, 0.25) is 0 Å². The highest BCUT2D eigenvalue weighted by Crippen LogP contribution is 2.01. The molecule has 0 aromatic carbocycles. The third-order valence-corrected chi connectivity index (χ3v) is 1.77. The van der Waals surface area contributed by atoms with Gasteiger partial charge in [-0.25, -0.2) is 0 Å². The Labute approximate surface area is 75.8 Å². The van der Waals surface area contributed by atoms with Crippen LogP contribution in [0.5, 0.6) is 0 Å². The minimum atomic E-state index is -0.681. The van der Waals surface area contributed by atoms with Crippen LogP contribution in [0.25, 0.3) is 0 Å². The second-order valence-electron chi connectivity index (χ2n) is 2.86. The molecule has 0 aliphatic carbocycles. The van der Waals surface area contributed by atoms with Gasteiger partial charge in [0, 0.05) is 6.20 Å². The maximum Gasteiger partial charge on any atom is 0.260 e. The molecule has 0 spiro atoms. The van der Waals surface area contributed by atoms with Gasteiger partial charge in [0.1, 0.15) is 5.56 Å². The summed E-state index contributed by atoms with van der Waals surface area (Å²) in [5, 5.41) is 0. The van der Waals surface area contributed by atoms with Gasteiger partial charge in [-0.2, -0.15) is 0 Å². The Morgan fingerprint density at radius 1 is 1.62 bits per heavy atom. The lowest BCUT2D eigenvalue weighted by Gasteiger charge is -1.99. The van der Waals surface area contributed by atoms with E-state index in [0.29, 0.717) is 0 Å². The van der Waals surface area contributed by atoms with Crippen molar-refractivity contribution in [2.24, 2.45) is 5.73 Å². The Hall–Kier alpha value is -1.58. The average Bonchev–Trinajstić information content (AvgIpc) is 2.08. The molecule has 13 heavy (non-hydrogen) atoms. The molecular weight excluding hydrogens is 168 g/mol. The number of aromatic amines is 1.